The zero-order valence-electron chi connectivity index (χ0n) is 16.5. The molecular weight excluding hydrogens is 409 g/mol. The molecule has 1 saturated heterocycles. The first-order valence-corrected chi connectivity index (χ1v) is 10.2. The molecule has 4 nitrogen and oxygen atoms in total. The summed E-state index contributed by atoms with van der Waals surface area (Å²) in [6.07, 6.45) is -0.388. The van der Waals surface area contributed by atoms with Gasteiger partial charge in [-0.3, -0.25) is 0 Å². The molecule has 30 heavy (non-hydrogen) atoms. The molecular formula is C22H23F3N4S. The standard InChI is InChI=1S/C22H23F3N4S/c1-28-9-7-14(8-10-28)19-13-29(17-4-2-3-15(11-17)22(23,24)25)20-6-5-16(12-18(19)20)27-21(26)30/h2-6,11-14H,7-10H2,1H3,(H3,26,27,30). The lowest BCUT2D eigenvalue weighted by atomic mass is 9.89. The van der Waals surface area contributed by atoms with Crippen molar-refractivity contribution in [1.29, 1.82) is 0 Å². The molecule has 1 aliphatic heterocycles. The number of nitrogens with one attached hydrogen (secondary N) is 1. The summed E-state index contributed by atoms with van der Waals surface area (Å²) in [4.78, 5) is 2.29. The average Bonchev–Trinajstić information content (AvgIpc) is 3.06. The maximum atomic E-state index is 13.3. The van der Waals surface area contributed by atoms with Crippen LogP contribution in [0.4, 0.5) is 18.9 Å². The first-order chi connectivity index (χ1) is 14.2. The van der Waals surface area contributed by atoms with Gasteiger partial charge in [-0.2, -0.15) is 13.2 Å². The third-order valence-electron chi connectivity index (χ3n) is 5.71. The van der Waals surface area contributed by atoms with E-state index in [2.05, 4.69) is 17.3 Å². The number of rotatable bonds is 3. The van der Waals surface area contributed by atoms with Gasteiger partial charge in [-0.1, -0.05) is 6.07 Å². The zero-order chi connectivity index (χ0) is 21.5. The molecule has 1 aliphatic rings. The summed E-state index contributed by atoms with van der Waals surface area (Å²) >= 11 is 4.95. The molecule has 8 heteroatoms. The van der Waals surface area contributed by atoms with Gasteiger partial charge in [0.05, 0.1) is 11.1 Å². The van der Waals surface area contributed by atoms with Gasteiger partial charge in [0.1, 0.15) is 0 Å². The molecule has 0 radical (unpaired) electrons. The fraction of sp³-hybridized carbons (Fsp3) is 0.318. The number of nitrogens with two attached hydrogens (primary N) is 1. The molecule has 0 saturated carbocycles. The molecule has 0 bridgehead atoms. The summed E-state index contributed by atoms with van der Waals surface area (Å²) in [5.41, 5.74) is 8.22. The molecule has 0 unspecified atom stereocenters. The predicted molar refractivity (Wildman–Crippen MR) is 118 cm³/mol. The van der Waals surface area contributed by atoms with Gasteiger partial charge >= 0.3 is 6.18 Å². The molecule has 0 amide bonds. The van der Waals surface area contributed by atoms with Crippen molar-refractivity contribution in [3.8, 4) is 5.69 Å². The lowest BCUT2D eigenvalue weighted by molar-refractivity contribution is -0.137. The maximum absolute atomic E-state index is 13.3. The Morgan fingerprint density at radius 1 is 1.13 bits per heavy atom. The topological polar surface area (TPSA) is 46.2 Å². The zero-order valence-corrected chi connectivity index (χ0v) is 17.4. The van der Waals surface area contributed by atoms with Crippen LogP contribution in [-0.4, -0.2) is 34.7 Å². The van der Waals surface area contributed by atoms with Gasteiger partial charge in [0.25, 0.3) is 0 Å². The van der Waals surface area contributed by atoms with Crippen LogP contribution in [0.15, 0.2) is 48.7 Å². The monoisotopic (exact) mass is 432 g/mol. The number of hydrogen-bond acceptors (Lipinski definition) is 2. The largest absolute Gasteiger partial charge is 0.416 e. The second-order valence-electron chi connectivity index (χ2n) is 7.80. The van der Waals surface area contributed by atoms with Gasteiger partial charge in [-0.25, -0.2) is 0 Å². The molecule has 158 valence electrons. The molecule has 0 spiro atoms. The van der Waals surface area contributed by atoms with Crippen molar-refractivity contribution in [3.05, 3.63) is 59.8 Å². The first kappa shape index (κ1) is 20.7. The summed E-state index contributed by atoms with van der Waals surface area (Å²) in [5.74, 6) is 0.343. The van der Waals surface area contributed by atoms with Gasteiger partial charge in [-0.15, -0.1) is 0 Å². The van der Waals surface area contributed by atoms with Crippen LogP contribution in [0.5, 0.6) is 0 Å². The van der Waals surface area contributed by atoms with E-state index in [1.807, 2.05) is 29.0 Å². The fourth-order valence-electron chi connectivity index (χ4n) is 4.17. The van der Waals surface area contributed by atoms with Crippen LogP contribution < -0.4 is 11.1 Å². The minimum atomic E-state index is -4.39. The number of fused-ring (bicyclic) bond motifs is 1. The Kier molecular flexibility index (Phi) is 5.46. The maximum Gasteiger partial charge on any atom is 0.416 e. The molecule has 0 aliphatic carbocycles. The molecule has 3 N–H and O–H groups in total. The van der Waals surface area contributed by atoms with E-state index in [-0.39, 0.29) is 5.11 Å². The third-order valence-corrected chi connectivity index (χ3v) is 5.81. The van der Waals surface area contributed by atoms with Crippen molar-refractivity contribution in [3.63, 3.8) is 0 Å². The molecule has 4 rings (SSSR count). The molecule has 0 atom stereocenters. The predicted octanol–water partition coefficient (Wildman–Crippen LogP) is 5.11. The van der Waals surface area contributed by atoms with Crippen LogP contribution in [0.25, 0.3) is 16.6 Å². The smallest absolute Gasteiger partial charge is 0.376 e. The van der Waals surface area contributed by atoms with E-state index in [1.54, 1.807) is 6.07 Å². The van der Waals surface area contributed by atoms with Crippen molar-refractivity contribution >= 4 is 33.9 Å². The quantitative estimate of drug-likeness (QED) is 0.565. The van der Waals surface area contributed by atoms with Gasteiger partial charge in [0, 0.05) is 23.0 Å². The number of anilines is 1. The van der Waals surface area contributed by atoms with E-state index in [1.165, 1.54) is 12.1 Å². The second-order valence-corrected chi connectivity index (χ2v) is 8.24. The molecule has 1 fully saturated rings. The summed E-state index contributed by atoms with van der Waals surface area (Å²) in [7, 11) is 2.10. The van der Waals surface area contributed by atoms with E-state index >= 15 is 0 Å². The lowest BCUT2D eigenvalue weighted by Crippen LogP contribution is -2.29. The highest BCUT2D eigenvalue weighted by Gasteiger charge is 2.31. The third kappa shape index (κ3) is 4.15. The Morgan fingerprint density at radius 3 is 2.53 bits per heavy atom. The van der Waals surface area contributed by atoms with Crippen LogP contribution in [0.2, 0.25) is 0 Å². The van der Waals surface area contributed by atoms with Crippen LogP contribution in [0.3, 0.4) is 0 Å². The molecule has 2 aromatic carbocycles. The van der Waals surface area contributed by atoms with E-state index in [0.29, 0.717) is 11.6 Å². The first-order valence-electron chi connectivity index (χ1n) is 9.80. The number of hydrogen-bond donors (Lipinski definition) is 2. The van der Waals surface area contributed by atoms with Gasteiger partial charge in [0.2, 0.25) is 0 Å². The van der Waals surface area contributed by atoms with Crippen molar-refractivity contribution in [1.82, 2.24) is 9.47 Å². The molecule has 1 aromatic heterocycles. The van der Waals surface area contributed by atoms with Crippen molar-refractivity contribution in [2.24, 2.45) is 5.73 Å². The second kappa shape index (κ2) is 7.92. The fourth-order valence-corrected chi connectivity index (χ4v) is 4.28. The normalized spacial score (nSPS) is 16.1. The highest BCUT2D eigenvalue weighted by molar-refractivity contribution is 7.80. The number of likely N-dealkylation sites (tertiary alicyclic amines) is 1. The number of nitrogens with zero attached hydrogens (tertiary/aromatic N) is 2. The van der Waals surface area contributed by atoms with E-state index in [4.69, 9.17) is 18.0 Å². The molecule has 3 aromatic rings. The van der Waals surface area contributed by atoms with Crippen LogP contribution in [-0.2, 0) is 6.18 Å². The summed E-state index contributed by atoms with van der Waals surface area (Å²) in [6, 6.07) is 11.2. The van der Waals surface area contributed by atoms with Crippen molar-refractivity contribution in [2.75, 3.05) is 25.5 Å². The summed E-state index contributed by atoms with van der Waals surface area (Å²) in [5, 5.41) is 4.13. The average molecular weight is 433 g/mol. The van der Waals surface area contributed by atoms with Crippen LogP contribution in [0, 0.1) is 0 Å². The minimum Gasteiger partial charge on any atom is -0.376 e. The van der Waals surface area contributed by atoms with Crippen LogP contribution in [0.1, 0.15) is 29.9 Å². The minimum absolute atomic E-state index is 0.174. The van der Waals surface area contributed by atoms with Crippen molar-refractivity contribution in [2.45, 2.75) is 24.9 Å². The van der Waals surface area contributed by atoms with Gasteiger partial charge in [0.15, 0.2) is 5.11 Å². The highest BCUT2D eigenvalue weighted by Crippen LogP contribution is 2.37. The molecule has 2 heterocycles. The summed E-state index contributed by atoms with van der Waals surface area (Å²) < 4.78 is 41.6. The number of halogens is 3. The van der Waals surface area contributed by atoms with Crippen molar-refractivity contribution < 1.29 is 13.2 Å². The van der Waals surface area contributed by atoms with E-state index in [0.717, 1.165) is 54.2 Å². The Bertz CT molecular complexity index is 1080. The number of alkyl halides is 3. The Morgan fingerprint density at radius 2 is 1.87 bits per heavy atom. The van der Waals surface area contributed by atoms with Crippen LogP contribution >= 0.6 is 12.2 Å². The Balaban J connectivity index is 1.85. The Labute approximate surface area is 178 Å². The lowest BCUT2D eigenvalue weighted by Gasteiger charge is -2.28. The Hall–Kier alpha value is -2.58. The highest BCUT2D eigenvalue weighted by atomic mass is 32.1. The number of aromatic nitrogens is 1. The van der Waals surface area contributed by atoms with Gasteiger partial charge < -0.3 is 20.5 Å². The van der Waals surface area contributed by atoms with E-state index < -0.39 is 11.7 Å². The number of piperidine rings is 1. The summed E-state index contributed by atoms with van der Waals surface area (Å²) in [6.45, 7) is 1.98. The van der Waals surface area contributed by atoms with E-state index in [9.17, 15) is 13.2 Å². The van der Waals surface area contributed by atoms with Gasteiger partial charge in [-0.05, 0) is 93.1 Å². The number of thiocarbonyl (C=S) groups is 1. The SMILES string of the molecule is CN1CCC(c2cn(-c3cccc(C(F)(F)F)c3)c3ccc(NC(N)=S)cc23)CC1. The number of benzene rings is 2.